The molecule has 0 amide bonds. The minimum absolute atomic E-state index is 0.452. The van der Waals surface area contributed by atoms with Crippen LogP contribution in [0.5, 0.6) is 0 Å². The van der Waals surface area contributed by atoms with E-state index < -0.39 is 0 Å². The number of pyridine rings is 1. The minimum atomic E-state index is 0.452. The van der Waals surface area contributed by atoms with Crippen molar-refractivity contribution in [2.75, 3.05) is 0 Å². The molecule has 0 unspecified atom stereocenters. The molecule has 0 aliphatic heterocycles. The summed E-state index contributed by atoms with van der Waals surface area (Å²) in [6.07, 6.45) is 0. The summed E-state index contributed by atoms with van der Waals surface area (Å²) in [7, 11) is 0. The van der Waals surface area contributed by atoms with E-state index in [1.165, 1.54) is 0 Å². The zero-order chi connectivity index (χ0) is 18.9. The van der Waals surface area contributed by atoms with Crippen LogP contribution in [0.2, 0.25) is 0 Å². The van der Waals surface area contributed by atoms with Crippen LogP contribution in [0.1, 0.15) is 5.69 Å². The first-order chi connectivity index (χ1) is 13.8. The van der Waals surface area contributed by atoms with Gasteiger partial charge in [-0.05, 0) is 33.9 Å². The summed E-state index contributed by atoms with van der Waals surface area (Å²) in [6, 6.07) is 35.1. The number of hydrogen-bond acceptors (Lipinski definition) is 2. The van der Waals surface area contributed by atoms with Crippen molar-refractivity contribution in [2.24, 2.45) is 0 Å². The van der Waals surface area contributed by atoms with Gasteiger partial charge in [-0.2, -0.15) is 5.26 Å². The highest BCUT2D eigenvalue weighted by molar-refractivity contribution is 6.10. The number of benzene rings is 4. The SMILES string of the molecule is N#Cc1nc(-c2ccccc2)c2cc3ccccc3cc2c1-c1ccccc1. The maximum Gasteiger partial charge on any atom is 0.149 e. The number of rotatable bonds is 2. The summed E-state index contributed by atoms with van der Waals surface area (Å²) in [4.78, 5) is 4.81. The van der Waals surface area contributed by atoms with Crippen LogP contribution in [0, 0.1) is 11.3 Å². The van der Waals surface area contributed by atoms with Crippen LogP contribution < -0.4 is 0 Å². The highest BCUT2D eigenvalue weighted by Crippen LogP contribution is 2.38. The Morgan fingerprint density at radius 3 is 1.75 bits per heavy atom. The Labute approximate surface area is 163 Å². The summed E-state index contributed by atoms with van der Waals surface area (Å²) in [6.45, 7) is 0. The molecule has 1 aromatic heterocycles. The first-order valence-electron chi connectivity index (χ1n) is 9.22. The maximum atomic E-state index is 9.91. The van der Waals surface area contributed by atoms with Crippen LogP contribution in [0.3, 0.4) is 0 Å². The van der Waals surface area contributed by atoms with Crippen LogP contribution >= 0.6 is 0 Å². The van der Waals surface area contributed by atoms with Crippen LogP contribution in [0.4, 0.5) is 0 Å². The fourth-order valence-corrected chi connectivity index (χ4v) is 3.79. The molecule has 0 atom stereocenters. The summed E-state index contributed by atoms with van der Waals surface area (Å²) in [5, 5.41) is 14.3. The zero-order valence-electron chi connectivity index (χ0n) is 15.1. The minimum Gasteiger partial charge on any atom is -0.236 e. The molecule has 0 spiro atoms. The molecule has 4 aromatic carbocycles. The van der Waals surface area contributed by atoms with E-state index in [-0.39, 0.29) is 0 Å². The molecule has 0 bridgehead atoms. The lowest BCUT2D eigenvalue weighted by Gasteiger charge is -2.14. The van der Waals surface area contributed by atoms with Gasteiger partial charge in [0.05, 0.1) is 5.69 Å². The lowest BCUT2D eigenvalue weighted by Crippen LogP contribution is -1.96. The first-order valence-corrected chi connectivity index (χ1v) is 9.22. The van der Waals surface area contributed by atoms with Crippen molar-refractivity contribution >= 4 is 21.5 Å². The standard InChI is InChI=1S/C26H16N2/c27-17-24-25(18-9-3-1-4-10-18)22-15-20-13-7-8-14-21(20)16-23(22)26(28-24)19-11-5-2-6-12-19/h1-16H. The van der Waals surface area contributed by atoms with Gasteiger partial charge in [0, 0.05) is 16.5 Å². The Bertz CT molecular complexity index is 1350. The molecule has 2 heteroatoms. The van der Waals surface area contributed by atoms with E-state index in [2.05, 4.69) is 30.3 Å². The van der Waals surface area contributed by atoms with E-state index in [0.29, 0.717) is 5.69 Å². The Morgan fingerprint density at radius 2 is 1.14 bits per heavy atom. The zero-order valence-corrected chi connectivity index (χ0v) is 15.1. The van der Waals surface area contributed by atoms with Crippen molar-refractivity contribution in [3.05, 3.63) is 103 Å². The molecule has 5 aromatic rings. The molecular weight excluding hydrogens is 340 g/mol. The third kappa shape index (κ3) is 2.62. The molecule has 1 heterocycles. The van der Waals surface area contributed by atoms with Gasteiger partial charge in [-0.1, -0.05) is 84.9 Å². The van der Waals surface area contributed by atoms with Crippen molar-refractivity contribution in [3.8, 4) is 28.5 Å². The van der Waals surface area contributed by atoms with E-state index in [9.17, 15) is 5.26 Å². The number of fused-ring (bicyclic) bond motifs is 2. The maximum absolute atomic E-state index is 9.91. The molecule has 28 heavy (non-hydrogen) atoms. The number of hydrogen-bond donors (Lipinski definition) is 0. The van der Waals surface area contributed by atoms with Crippen molar-refractivity contribution in [2.45, 2.75) is 0 Å². The second-order valence-electron chi connectivity index (χ2n) is 6.77. The Hall–Kier alpha value is -3.96. The topological polar surface area (TPSA) is 36.7 Å². The lowest BCUT2D eigenvalue weighted by molar-refractivity contribution is 1.29. The summed E-state index contributed by atoms with van der Waals surface area (Å²) < 4.78 is 0. The van der Waals surface area contributed by atoms with Gasteiger partial charge in [0.15, 0.2) is 0 Å². The van der Waals surface area contributed by atoms with E-state index in [1.807, 2.05) is 72.8 Å². The van der Waals surface area contributed by atoms with E-state index >= 15 is 0 Å². The second kappa shape index (κ2) is 6.64. The Kier molecular flexibility index (Phi) is 3.85. The van der Waals surface area contributed by atoms with Crippen LogP contribution in [0.25, 0.3) is 43.9 Å². The average molecular weight is 356 g/mol. The monoisotopic (exact) mass is 356 g/mol. The fourth-order valence-electron chi connectivity index (χ4n) is 3.79. The smallest absolute Gasteiger partial charge is 0.149 e. The number of nitriles is 1. The van der Waals surface area contributed by atoms with Crippen molar-refractivity contribution in [1.29, 1.82) is 5.26 Å². The van der Waals surface area contributed by atoms with Crippen LogP contribution in [-0.2, 0) is 0 Å². The van der Waals surface area contributed by atoms with Gasteiger partial charge in [0.25, 0.3) is 0 Å². The predicted octanol–water partition coefficient (Wildman–Crippen LogP) is 6.59. The molecule has 0 N–H and O–H groups in total. The molecule has 0 aliphatic rings. The van der Waals surface area contributed by atoms with Gasteiger partial charge in [-0.25, -0.2) is 4.98 Å². The van der Waals surface area contributed by atoms with Gasteiger partial charge < -0.3 is 0 Å². The molecule has 5 rings (SSSR count). The van der Waals surface area contributed by atoms with Crippen LogP contribution in [0.15, 0.2) is 97.1 Å². The molecule has 130 valence electrons. The van der Waals surface area contributed by atoms with E-state index in [0.717, 1.165) is 43.9 Å². The largest absolute Gasteiger partial charge is 0.236 e. The number of aromatic nitrogens is 1. The molecule has 0 aliphatic carbocycles. The third-order valence-corrected chi connectivity index (χ3v) is 5.09. The van der Waals surface area contributed by atoms with E-state index in [4.69, 9.17) is 4.98 Å². The number of nitrogens with zero attached hydrogens (tertiary/aromatic N) is 2. The summed E-state index contributed by atoms with van der Waals surface area (Å²) >= 11 is 0. The Morgan fingerprint density at radius 1 is 0.607 bits per heavy atom. The average Bonchev–Trinajstić information content (AvgIpc) is 2.77. The second-order valence-corrected chi connectivity index (χ2v) is 6.77. The summed E-state index contributed by atoms with van der Waals surface area (Å²) in [5.41, 5.74) is 4.21. The summed E-state index contributed by atoms with van der Waals surface area (Å²) in [5.74, 6) is 0. The normalized spacial score (nSPS) is 10.8. The van der Waals surface area contributed by atoms with E-state index in [1.54, 1.807) is 0 Å². The quantitative estimate of drug-likeness (QED) is 0.334. The third-order valence-electron chi connectivity index (χ3n) is 5.09. The van der Waals surface area contributed by atoms with Gasteiger partial charge in [0.2, 0.25) is 0 Å². The molecule has 0 saturated heterocycles. The van der Waals surface area contributed by atoms with Gasteiger partial charge >= 0.3 is 0 Å². The molecular formula is C26H16N2. The fraction of sp³-hybridized carbons (Fsp3) is 0. The van der Waals surface area contributed by atoms with Gasteiger partial charge in [0.1, 0.15) is 11.8 Å². The van der Waals surface area contributed by atoms with Crippen molar-refractivity contribution < 1.29 is 0 Å². The predicted molar refractivity (Wildman–Crippen MR) is 115 cm³/mol. The van der Waals surface area contributed by atoms with Gasteiger partial charge in [-0.15, -0.1) is 0 Å². The molecule has 0 radical (unpaired) electrons. The molecule has 2 nitrogen and oxygen atoms in total. The van der Waals surface area contributed by atoms with Crippen molar-refractivity contribution in [3.63, 3.8) is 0 Å². The Balaban J connectivity index is 1.98. The van der Waals surface area contributed by atoms with Crippen LogP contribution in [-0.4, -0.2) is 4.98 Å². The van der Waals surface area contributed by atoms with Crippen molar-refractivity contribution in [1.82, 2.24) is 4.98 Å². The van der Waals surface area contributed by atoms with Gasteiger partial charge in [-0.3, -0.25) is 0 Å². The first kappa shape index (κ1) is 16.2. The molecule has 0 saturated carbocycles. The molecule has 0 fully saturated rings. The highest BCUT2D eigenvalue weighted by Gasteiger charge is 2.17. The highest BCUT2D eigenvalue weighted by atomic mass is 14.7. The lowest BCUT2D eigenvalue weighted by atomic mass is 9.92.